The summed E-state index contributed by atoms with van der Waals surface area (Å²) < 4.78 is 39.5. The van der Waals surface area contributed by atoms with E-state index >= 15 is 0 Å². The zero-order valence-corrected chi connectivity index (χ0v) is 13.3. The molecule has 0 aliphatic heterocycles. The number of amides is 1. The molecule has 2 nitrogen and oxygen atoms in total. The van der Waals surface area contributed by atoms with Gasteiger partial charge in [-0.15, -0.1) is 11.8 Å². The fourth-order valence-corrected chi connectivity index (χ4v) is 2.88. The van der Waals surface area contributed by atoms with E-state index in [0.717, 1.165) is 12.1 Å². The zero-order valence-electron chi connectivity index (χ0n) is 12.5. The van der Waals surface area contributed by atoms with Gasteiger partial charge in [-0.3, -0.25) is 4.79 Å². The largest absolute Gasteiger partial charge is 0.350 e. The van der Waals surface area contributed by atoms with Crippen LogP contribution in [0.25, 0.3) is 0 Å². The standard InChI is InChI=1S/C17H16F3NOS/c1-11(12-6-7-13(18)15(20)10-12)21-17(22)8-9-23-16-5-3-2-4-14(16)19/h2-7,10-11H,8-9H2,1H3,(H,21,22). The number of halogens is 3. The molecule has 0 saturated carbocycles. The minimum atomic E-state index is -0.946. The number of hydrogen-bond acceptors (Lipinski definition) is 2. The van der Waals surface area contributed by atoms with Crippen LogP contribution in [0.3, 0.4) is 0 Å². The Balaban J connectivity index is 1.82. The number of thioether (sulfide) groups is 1. The third-order valence-corrected chi connectivity index (χ3v) is 4.29. The summed E-state index contributed by atoms with van der Waals surface area (Å²) in [6.45, 7) is 1.69. The van der Waals surface area contributed by atoms with Gasteiger partial charge in [-0.25, -0.2) is 13.2 Å². The van der Waals surface area contributed by atoms with Crippen molar-refractivity contribution in [2.45, 2.75) is 24.3 Å². The van der Waals surface area contributed by atoms with Crippen molar-refractivity contribution in [3.05, 3.63) is 65.5 Å². The third kappa shape index (κ3) is 5.03. The lowest BCUT2D eigenvalue weighted by Gasteiger charge is -2.14. The van der Waals surface area contributed by atoms with E-state index in [0.29, 0.717) is 16.2 Å². The van der Waals surface area contributed by atoms with Crippen LogP contribution < -0.4 is 5.32 Å². The van der Waals surface area contributed by atoms with Crippen molar-refractivity contribution in [2.24, 2.45) is 0 Å². The third-order valence-electron chi connectivity index (χ3n) is 3.24. The Morgan fingerprint density at radius 2 is 1.83 bits per heavy atom. The molecule has 1 unspecified atom stereocenters. The van der Waals surface area contributed by atoms with Crippen molar-refractivity contribution in [3.8, 4) is 0 Å². The second-order valence-electron chi connectivity index (χ2n) is 4.99. The van der Waals surface area contributed by atoms with Crippen LogP contribution in [-0.2, 0) is 4.79 Å². The molecule has 1 atom stereocenters. The van der Waals surface area contributed by atoms with Crippen molar-refractivity contribution in [1.82, 2.24) is 5.32 Å². The lowest BCUT2D eigenvalue weighted by Crippen LogP contribution is -2.27. The summed E-state index contributed by atoms with van der Waals surface area (Å²) in [5, 5.41) is 2.71. The van der Waals surface area contributed by atoms with Crippen molar-refractivity contribution >= 4 is 17.7 Å². The van der Waals surface area contributed by atoms with Crippen molar-refractivity contribution in [2.75, 3.05) is 5.75 Å². The van der Waals surface area contributed by atoms with Gasteiger partial charge in [0.1, 0.15) is 5.82 Å². The van der Waals surface area contributed by atoms with Gasteiger partial charge < -0.3 is 5.32 Å². The van der Waals surface area contributed by atoms with Crippen LogP contribution in [0.2, 0.25) is 0 Å². The predicted molar refractivity (Wildman–Crippen MR) is 84.7 cm³/mol. The first-order chi connectivity index (χ1) is 11.0. The van der Waals surface area contributed by atoms with Crippen molar-refractivity contribution < 1.29 is 18.0 Å². The van der Waals surface area contributed by atoms with Gasteiger partial charge in [0.15, 0.2) is 11.6 Å². The molecule has 0 radical (unpaired) electrons. The lowest BCUT2D eigenvalue weighted by molar-refractivity contribution is -0.121. The fraction of sp³-hybridized carbons (Fsp3) is 0.235. The van der Waals surface area contributed by atoms with E-state index < -0.39 is 17.7 Å². The SMILES string of the molecule is CC(NC(=O)CCSc1ccccc1F)c1ccc(F)c(F)c1. The Bertz CT molecular complexity index is 693. The Hall–Kier alpha value is -1.95. The molecular weight excluding hydrogens is 323 g/mol. The van der Waals surface area contributed by atoms with E-state index in [-0.39, 0.29) is 18.1 Å². The summed E-state index contributed by atoms with van der Waals surface area (Å²) >= 11 is 1.26. The first-order valence-corrected chi connectivity index (χ1v) is 8.07. The summed E-state index contributed by atoms with van der Waals surface area (Å²) in [5.74, 6) is -1.98. The molecule has 0 heterocycles. The molecule has 2 aromatic carbocycles. The fourth-order valence-electron chi connectivity index (χ4n) is 1.99. The maximum atomic E-state index is 13.4. The first-order valence-electron chi connectivity index (χ1n) is 7.09. The molecule has 1 amide bonds. The quantitative estimate of drug-likeness (QED) is 0.787. The van der Waals surface area contributed by atoms with Gasteiger partial charge in [0.2, 0.25) is 5.91 Å². The van der Waals surface area contributed by atoms with Gasteiger partial charge in [-0.05, 0) is 36.8 Å². The average Bonchev–Trinajstić information content (AvgIpc) is 2.51. The van der Waals surface area contributed by atoms with E-state index in [1.165, 1.54) is 23.9 Å². The molecule has 2 aromatic rings. The molecule has 0 bridgehead atoms. The highest BCUT2D eigenvalue weighted by Gasteiger charge is 2.12. The Labute approximate surface area is 137 Å². The molecule has 122 valence electrons. The van der Waals surface area contributed by atoms with Gasteiger partial charge in [-0.2, -0.15) is 0 Å². The predicted octanol–water partition coefficient (Wildman–Crippen LogP) is 4.46. The number of benzene rings is 2. The monoisotopic (exact) mass is 339 g/mol. The molecule has 23 heavy (non-hydrogen) atoms. The number of rotatable bonds is 6. The topological polar surface area (TPSA) is 29.1 Å². The second-order valence-corrected chi connectivity index (χ2v) is 6.13. The minimum Gasteiger partial charge on any atom is -0.350 e. The molecule has 0 aliphatic carbocycles. The van der Waals surface area contributed by atoms with Crippen LogP contribution in [0, 0.1) is 17.5 Å². The molecule has 0 aromatic heterocycles. The normalized spacial score (nSPS) is 12.0. The molecule has 1 N–H and O–H groups in total. The lowest BCUT2D eigenvalue weighted by atomic mass is 10.1. The Kier molecular flexibility index (Phi) is 6.10. The molecule has 0 saturated heterocycles. The second kappa shape index (κ2) is 8.06. The summed E-state index contributed by atoms with van der Waals surface area (Å²) in [7, 11) is 0. The number of carbonyl (C=O) groups is 1. The maximum absolute atomic E-state index is 13.4. The number of nitrogens with one attached hydrogen (secondary N) is 1. The summed E-state index contributed by atoms with van der Waals surface area (Å²) in [6.07, 6.45) is 0.201. The van der Waals surface area contributed by atoms with E-state index in [2.05, 4.69) is 5.32 Å². The Morgan fingerprint density at radius 3 is 2.52 bits per heavy atom. The van der Waals surface area contributed by atoms with Crippen LogP contribution in [0.1, 0.15) is 24.9 Å². The van der Waals surface area contributed by atoms with Gasteiger partial charge in [0.25, 0.3) is 0 Å². The summed E-state index contributed by atoms with van der Waals surface area (Å²) in [6, 6.07) is 9.45. The van der Waals surface area contributed by atoms with Crippen LogP contribution in [0.4, 0.5) is 13.2 Å². The molecule has 0 spiro atoms. The van der Waals surface area contributed by atoms with Crippen LogP contribution in [0.5, 0.6) is 0 Å². The molecular formula is C17H16F3NOS. The Morgan fingerprint density at radius 1 is 1.09 bits per heavy atom. The van der Waals surface area contributed by atoms with Crippen molar-refractivity contribution in [3.63, 3.8) is 0 Å². The zero-order chi connectivity index (χ0) is 16.8. The number of hydrogen-bond donors (Lipinski definition) is 1. The van der Waals surface area contributed by atoms with Crippen LogP contribution in [0.15, 0.2) is 47.4 Å². The minimum absolute atomic E-state index is 0.201. The van der Waals surface area contributed by atoms with Gasteiger partial charge in [0.05, 0.1) is 6.04 Å². The van der Waals surface area contributed by atoms with Crippen LogP contribution >= 0.6 is 11.8 Å². The van der Waals surface area contributed by atoms with Crippen molar-refractivity contribution in [1.29, 1.82) is 0 Å². The highest BCUT2D eigenvalue weighted by molar-refractivity contribution is 7.99. The highest BCUT2D eigenvalue weighted by Crippen LogP contribution is 2.22. The van der Waals surface area contributed by atoms with E-state index in [1.54, 1.807) is 25.1 Å². The molecule has 2 rings (SSSR count). The van der Waals surface area contributed by atoms with E-state index in [1.807, 2.05) is 0 Å². The number of carbonyl (C=O) groups excluding carboxylic acids is 1. The average molecular weight is 339 g/mol. The van der Waals surface area contributed by atoms with E-state index in [9.17, 15) is 18.0 Å². The molecule has 0 fully saturated rings. The summed E-state index contributed by atoms with van der Waals surface area (Å²) in [5.41, 5.74) is 0.485. The smallest absolute Gasteiger partial charge is 0.221 e. The van der Waals surface area contributed by atoms with Gasteiger partial charge >= 0.3 is 0 Å². The van der Waals surface area contributed by atoms with Gasteiger partial charge in [0, 0.05) is 17.1 Å². The first kappa shape index (κ1) is 17.4. The highest BCUT2D eigenvalue weighted by atomic mass is 32.2. The summed E-state index contributed by atoms with van der Waals surface area (Å²) in [4.78, 5) is 12.4. The molecule has 0 aliphatic rings. The van der Waals surface area contributed by atoms with Crippen LogP contribution in [-0.4, -0.2) is 11.7 Å². The van der Waals surface area contributed by atoms with Gasteiger partial charge in [-0.1, -0.05) is 18.2 Å². The maximum Gasteiger partial charge on any atom is 0.221 e. The molecule has 6 heteroatoms. The van der Waals surface area contributed by atoms with E-state index in [4.69, 9.17) is 0 Å².